The summed E-state index contributed by atoms with van der Waals surface area (Å²) in [6.45, 7) is 85.3. The molecule has 12 nitrogen and oxygen atoms in total. The van der Waals surface area contributed by atoms with Crippen molar-refractivity contribution in [3.8, 4) is 0 Å². The van der Waals surface area contributed by atoms with Crippen molar-refractivity contribution in [3.63, 3.8) is 0 Å². The third kappa shape index (κ3) is 115. The Kier molecular flexibility index (Phi) is 107. The van der Waals surface area contributed by atoms with Gasteiger partial charge < -0.3 is 9.13 Å². The first-order valence-corrected chi connectivity index (χ1v) is 34.0. The van der Waals surface area contributed by atoms with Crippen molar-refractivity contribution in [2.75, 3.05) is 13.1 Å². The summed E-state index contributed by atoms with van der Waals surface area (Å²) in [5.74, 6) is 3.33. The van der Waals surface area contributed by atoms with E-state index in [2.05, 4.69) is 252 Å². The molecule has 3 aliphatic heterocycles. The molecular formula is C76H156N12. The molecule has 0 radical (unpaired) electrons. The molecule has 88 heavy (non-hydrogen) atoms. The minimum absolute atomic E-state index is 0.0660. The Balaban J connectivity index is -0.0000000709. The van der Waals surface area contributed by atoms with Gasteiger partial charge in [-0.05, 0) is 137 Å². The lowest BCUT2D eigenvalue weighted by Crippen LogP contribution is -2.21. The van der Waals surface area contributed by atoms with Crippen molar-refractivity contribution in [1.82, 2.24) is 38.7 Å². The van der Waals surface area contributed by atoms with Crippen molar-refractivity contribution >= 4 is 25.0 Å². The first-order chi connectivity index (χ1) is 41.3. The Morgan fingerprint density at radius 3 is 0.920 bits per heavy atom. The third-order valence-electron chi connectivity index (χ3n) is 7.13. The monoisotopic (exact) mass is 1240 g/mol. The highest BCUT2D eigenvalue weighted by molar-refractivity contribution is 5.79. The highest BCUT2D eigenvalue weighted by Gasteiger charge is 2.13. The molecule has 4 aromatic heterocycles. The van der Waals surface area contributed by atoms with E-state index in [1.54, 1.807) is 50.0 Å². The number of allylic oxidation sites excluding steroid dienone is 6. The Bertz CT molecular complexity index is 1600. The lowest BCUT2D eigenvalue weighted by molar-refractivity contribution is 0.354. The second-order valence-corrected chi connectivity index (χ2v) is 23.3. The van der Waals surface area contributed by atoms with Gasteiger partial charge in [-0.1, -0.05) is 230 Å². The smallest absolute Gasteiger partial charge is 0.137 e. The molecule has 0 spiro atoms. The van der Waals surface area contributed by atoms with Crippen molar-refractivity contribution in [1.29, 1.82) is 0 Å². The second kappa shape index (κ2) is 85.7. The molecule has 0 aromatic carbocycles. The molecule has 12 heteroatoms. The maximum Gasteiger partial charge on any atom is 0.137 e. The van der Waals surface area contributed by atoms with E-state index < -0.39 is 0 Å². The van der Waals surface area contributed by atoms with E-state index in [0.717, 1.165) is 49.6 Å². The van der Waals surface area contributed by atoms with Crippen LogP contribution in [0.15, 0.2) is 143 Å². The van der Waals surface area contributed by atoms with Gasteiger partial charge in [-0.15, -0.1) is 0 Å². The Labute approximate surface area is 552 Å². The van der Waals surface area contributed by atoms with Crippen LogP contribution < -0.4 is 0 Å². The summed E-state index contributed by atoms with van der Waals surface area (Å²) < 4.78 is 8.03. The van der Waals surface area contributed by atoms with Crippen LogP contribution in [0.2, 0.25) is 0 Å². The van der Waals surface area contributed by atoms with Crippen molar-refractivity contribution in [3.05, 3.63) is 123 Å². The lowest BCUT2D eigenvalue weighted by Gasteiger charge is -2.20. The maximum atomic E-state index is 4.10. The molecule has 8 rings (SSSR count). The van der Waals surface area contributed by atoms with Gasteiger partial charge >= 0.3 is 0 Å². The molecule has 0 saturated heterocycles. The largest absolute Gasteiger partial charge is 0.349 e. The number of nitrogens with zero attached hydrogens (tertiary/aromatic N) is 12. The summed E-state index contributed by atoms with van der Waals surface area (Å²) in [7, 11) is 0. The van der Waals surface area contributed by atoms with Crippen LogP contribution in [0.5, 0.6) is 0 Å². The highest BCUT2D eigenvalue weighted by Crippen LogP contribution is 2.13. The fourth-order valence-electron chi connectivity index (χ4n) is 3.90. The summed E-state index contributed by atoms with van der Waals surface area (Å²) in [6.07, 6.45) is 42.1. The minimum Gasteiger partial charge on any atom is -0.349 e. The van der Waals surface area contributed by atoms with E-state index in [9.17, 15) is 0 Å². The van der Waals surface area contributed by atoms with Crippen LogP contribution in [0.25, 0.3) is 0 Å². The minimum atomic E-state index is 0.0660. The first kappa shape index (κ1) is 110. The molecule has 4 aliphatic rings. The molecule has 7 heterocycles. The van der Waals surface area contributed by atoms with E-state index in [4.69, 9.17) is 0 Å². The standard InChI is InChI=1S/C8H13N.2C7H12N2.C6H11N3.C5H6.2C4H5N.4C4H10.C3H4N2.8C2H6/c1-8(2,3)9-6-4-5-7-9;1-7(2,3)9-5-4-8-6-9;1-7(2,3)9-6-4-5-8-9;1-6(2,3)9-5-7-4-8-9;3*1-2-4-5-3-1;4*1-4(2)3;1-2-5-3-4-1;8*1-2/h4-7H,1-3H3;2*4-6H,1-3H3;4-5H,1-3H3;1-4H,5H2;1,3-4H,2H2;1-3H,4H2;4*4H,1-3H3;1,3H,2H2;8*1-2H3. The number of rotatable bonds is 0. The molecule has 1 aliphatic carbocycles. The molecule has 0 fully saturated rings. The predicted molar refractivity (Wildman–Crippen MR) is 411 cm³/mol. The molecule has 0 bridgehead atoms. The van der Waals surface area contributed by atoms with Gasteiger partial charge in [0, 0.05) is 79.5 Å². The molecule has 0 unspecified atom stereocenters. The average Bonchev–Trinajstić information content (AvgIpc) is 4.34. The summed E-state index contributed by atoms with van der Waals surface area (Å²) in [4.78, 5) is 22.8. The molecule has 0 saturated carbocycles. The van der Waals surface area contributed by atoms with Gasteiger partial charge in [0.15, 0.2) is 0 Å². The van der Waals surface area contributed by atoms with Crippen LogP contribution in [-0.2, 0) is 22.2 Å². The summed E-state index contributed by atoms with van der Waals surface area (Å²) in [6, 6.07) is 6.03. The van der Waals surface area contributed by atoms with Crippen LogP contribution in [0, 0.1) is 23.7 Å². The number of hydrogen-bond donors (Lipinski definition) is 0. The van der Waals surface area contributed by atoms with Gasteiger partial charge in [-0.2, -0.15) is 10.2 Å². The van der Waals surface area contributed by atoms with E-state index in [-0.39, 0.29) is 22.2 Å². The molecule has 0 amide bonds. The Morgan fingerprint density at radius 2 is 0.784 bits per heavy atom. The molecule has 0 N–H and O–H groups in total. The van der Waals surface area contributed by atoms with Crippen LogP contribution in [-0.4, -0.2) is 76.7 Å². The summed E-state index contributed by atoms with van der Waals surface area (Å²) >= 11 is 0. The Morgan fingerprint density at radius 1 is 0.352 bits per heavy atom. The van der Waals surface area contributed by atoms with Gasteiger partial charge in [0.25, 0.3) is 0 Å². The fraction of sp³-hybridized carbons (Fsp3) is 0.684. The number of aromatic nitrogens is 8. The predicted octanol–water partition coefficient (Wildman–Crippen LogP) is 24.6. The van der Waals surface area contributed by atoms with E-state index >= 15 is 0 Å². The zero-order valence-electron chi connectivity index (χ0n) is 66.4. The van der Waals surface area contributed by atoms with Crippen LogP contribution in [0.1, 0.15) is 290 Å². The zero-order valence-corrected chi connectivity index (χ0v) is 66.4. The number of aliphatic imine (C=N–C) groups is 4. The van der Waals surface area contributed by atoms with E-state index in [1.807, 2.05) is 182 Å². The van der Waals surface area contributed by atoms with Crippen LogP contribution >= 0.6 is 0 Å². The molecular weight excluding hydrogens is 1080 g/mol. The zero-order chi connectivity index (χ0) is 72.1. The van der Waals surface area contributed by atoms with Crippen molar-refractivity contribution in [2.45, 2.75) is 312 Å². The van der Waals surface area contributed by atoms with Crippen LogP contribution in [0.4, 0.5) is 0 Å². The Hall–Kier alpha value is -5.52. The maximum absolute atomic E-state index is 4.10. The van der Waals surface area contributed by atoms with Crippen molar-refractivity contribution < 1.29 is 0 Å². The van der Waals surface area contributed by atoms with Crippen LogP contribution in [0.3, 0.4) is 0 Å². The van der Waals surface area contributed by atoms with Gasteiger partial charge in [0.05, 0.1) is 30.5 Å². The first-order valence-electron chi connectivity index (χ1n) is 34.0. The fourth-order valence-corrected chi connectivity index (χ4v) is 3.90. The van der Waals surface area contributed by atoms with E-state index in [0.29, 0.717) is 0 Å². The number of hydrogen-bond acceptors (Lipinski definition) is 8. The normalized spacial score (nSPS) is 11.0. The summed E-state index contributed by atoms with van der Waals surface area (Å²) in [5.41, 5.74) is 0.611. The molecule has 4 aromatic rings. The van der Waals surface area contributed by atoms with Gasteiger partial charge in [-0.25, -0.2) is 19.6 Å². The number of imidazole rings is 1. The van der Waals surface area contributed by atoms with Gasteiger partial charge in [0.2, 0.25) is 0 Å². The average molecular weight is 1240 g/mol. The lowest BCUT2D eigenvalue weighted by atomic mass is 10.1. The topological polar surface area (TPSA) is 121 Å². The third-order valence-corrected chi connectivity index (χ3v) is 7.13. The SMILES string of the molecule is C1=CCC=C1.C1=CCN=C1.C1=CN=CC1.C1=NC=NC1.CC.CC.CC.CC.CC.CC.CC.CC.CC(C)(C)n1cccc1.CC(C)(C)n1cccn1.CC(C)(C)n1ccnc1.CC(C)(C)n1cncn1.CC(C)C.CC(C)C.CC(C)C.CC(C)C. The quantitative estimate of drug-likeness (QED) is 0.174. The van der Waals surface area contributed by atoms with Gasteiger partial charge in [-0.3, -0.25) is 19.7 Å². The van der Waals surface area contributed by atoms with Crippen molar-refractivity contribution in [2.24, 2.45) is 43.6 Å². The van der Waals surface area contributed by atoms with Gasteiger partial charge in [0.1, 0.15) is 19.0 Å². The molecule has 0 atom stereocenters. The van der Waals surface area contributed by atoms with E-state index in [1.165, 1.54) is 0 Å². The second-order valence-electron chi connectivity index (χ2n) is 23.3. The molecule has 520 valence electrons. The highest BCUT2D eigenvalue weighted by atomic mass is 15.3. The summed E-state index contributed by atoms with van der Waals surface area (Å²) in [5, 5.41) is 8.10.